The van der Waals surface area contributed by atoms with Crippen LogP contribution in [-0.2, 0) is 16.6 Å². The van der Waals surface area contributed by atoms with Crippen LogP contribution < -0.4 is 5.32 Å². The molecule has 2 N–H and O–H groups in total. The summed E-state index contributed by atoms with van der Waals surface area (Å²) in [5.74, 6) is 0.472. The number of nitrogens with zero attached hydrogens (tertiary/aromatic N) is 1. The summed E-state index contributed by atoms with van der Waals surface area (Å²) in [6.07, 6.45) is 1.20. The Morgan fingerprint density at radius 2 is 2.00 bits per heavy atom. The van der Waals surface area contributed by atoms with Gasteiger partial charge in [0.2, 0.25) is 5.91 Å². The maximum absolute atomic E-state index is 12.0. The molecule has 0 unspecified atom stereocenters. The summed E-state index contributed by atoms with van der Waals surface area (Å²) in [5, 5.41) is 13.0. The summed E-state index contributed by atoms with van der Waals surface area (Å²) in [6.45, 7) is 7.74. The number of hydrogen-bond acceptors (Lipinski definition) is 3. The molecule has 1 aromatic carbocycles. The summed E-state index contributed by atoms with van der Waals surface area (Å²) >= 11 is 0. The highest BCUT2D eigenvalue weighted by atomic mass is 16.3. The quantitative estimate of drug-likeness (QED) is 0.846. The zero-order valence-corrected chi connectivity index (χ0v) is 13.9. The van der Waals surface area contributed by atoms with E-state index in [9.17, 15) is 9.90 Å². The molecule has 1 aromatic rings. The van der Waals surface area contributed by atoms with Crippen molar-refractivity contribution in [3.05, 3.63) is 29.3 Å². The fourth-order valence-corrected chi connectivity index (χ4v) is 2.19. The van der Waals surface area contributed by atoms with E-state index < -0.39 is 0 Å². The minimum atomic E-state index is -0.103. The van der Waals surface area contributed by atoms with Gasteiger partial charge in [-0.05, 0) is 36.1 Å². The molecule has 0 atom stereocenters. The molecule has 0 saturated heterocycles. The van der Waals surface area contributed by atoms with Gasteiger partial charge in [-0.25, -0.2) is 0 Å². The number of likely N-dealkylation sites (N-methyl/N-ethyl adjacent to an activating group) is 2. The molecule has 21 heavy (non-hydrogen) atoms. The molecule has 0 aliphatic heterocycles. The molecule has 118 valence electrons. The molecule has 0 radical (unpaired) electrons. The number of carbonyl (C=O) groups excluding carboxylic acids is 1. The van der Waals surface area contributed by atoms with E-state index in [-0.39, 0.29) is 11.3 Å². The van der Waals surface area contributed by atoms with E-state index in [1.165, 1.54) is 0 Å². The molecule has 0 saturated carbocycles. The number of hydrogen-bond donors (Lipinski definition) is 2. The molecule has 0 aliphatic carbocycles. The van der Waals surface area contributed by atoms with Gasteiger partial charge in [0.25, 0.3) is 0 Å². The molecule has 0 fully saturated rings. The van der Waals surface area contributed by atoms with Crippen molar-refractivity contribution in [1.82, 2.24) is 10.2 Å². The van der Waals surface area contributed by atoms with Gasteiger partial charge in [-0.15, -0.1) is 0 Å². The van der Waals surface area contributed by atoms with Crippen LogP contribution in [0.1, 0.15) is 38.3 Å². The predicted molar refractivity (Wildman–Crippen MR) is 86.7 cm³/mol. The average Bonchev–Trinajstić information content (AvgIpc) is 2.42. The second-order valence-electron chi connectivity index (χ2n) is 6.52. The van der Waals surface area contributed by atoms with Crippen molar-refractivity contribution in [3.63, 3.8) is 0 Å². The smallest absolute Gasteiger partial charge is 0.222 e. The standard InChI is InChI=1S/C17H28N2O2/c1-17(2,3)14-12-13(6-8-15(14)20)7-9-16(21)19(5)11-10-18-4/h6,8,12,18,20H,7,9-11H2,1-5H3. The number of aryl methyl sites for hydroxylation is 1. The Labute approximate surface area is 128 Å². The average molecular weight is 292 g/mol. The minimum absolute atomic E-state index is 0.103. The largest absolute Gasteiger partial charge is 0.508 e. The highest BCUT2D eigenvalue weighted by Crippen LogP contribution is 2.31. The second kappa shape index (κ2) is 7.46. The van der Waals surface area contributed by atoms with Gasteiger partial charge in [-0.3, -0.25) is 4.79 Å². The minimum Gasteiger partial charge on any atom is -0.508 e. The maximum Gasteiger partial charge on any atom is 0.222 e. The van der Waals surface area contributed by atoms with Crippen molar-refractivity contribution in [2.24, 2.45) is 0 Å². The molecule has 4 heteroatoms. The Bertz CT molecular complexity index is 478. The van der Waals surface area contributed by atoms with E-state index >= 15 is 0 Å². The molecule has 0 heterocycles. The number of phenols is 1. The first-order chi connectivity index (χ1) is 9.75. The molecule has 0 bridgehead atoms. The summed E-state index contributed by atoms with van der Waals surface area (Å²) in [7, 11) is 3.71. The number of aromatic hydroxyl groups is 1. The lowest BCUT2D eigenvalue weighted by atomic mass is 9.85. The maximum atomic E-state index is 12.0. The molecular formula is C17H28N2O2. The molecule has 0 aliphatic rings. The Morgan fingerprint density at radius 1 is 1.33 bits per heavy atom. The fraction of sp³-hybridized carbons (Fsp3) is 0.588. The van der Waals surface area contributed by atoms with Gasteiger partial charge in [0.05, 0.1) is 0 Å². The van der Waals surface area contributed by atoms with Gasteiger partial charge in [0, 0.05) is 26.6 Å². The van der Waals surface area contributed by atoms with Crippen LogP contribution in [0.5, 0.6) is 5.75 Å². The summed E-state index contributed by atoms with van der Waals surface area (Å²) in [5.41, 5.74) is 1.91. The highest BCUT2D eigenvalue weighted by Gasteiger charge is 2.18. The van der Waals surface area contributed by atoms with Crippen molar-refractivity contribution >= 4 is 5.91 Å². The predicted octanol–water partition coefficient (Wildman–Crippen LogP) is 2.30. The van der Waals surface area contributed by atoms with Gasteiger partial charge in [-0.1, -0.05) is 32.9 Å². The first kappa shape index (κ1) is 17.5. The van der Waals surface area contributed by atoms with Crippen molar-refractivity contribution in [2.45, 2.75) is 39.0 Å². The lowest BCUT2D eigenvalue weighted by Crippen LogP contribution is -2.32. The Hall–Kier alpha value is -1.55. The van der Waals surface area contributed by atoms with E-state index in [1.807, 2.05) is 26.2 Å². The Kier molecular flexibility index (Phi) is 6.21. The van der Waals surface area contributed by atoms with Gasteiger partial charge in [-0.2, -0.15) is 0 Å². The molecular weight excluding hydrogens is 264 g/mol. The first-order valence-corrected chi connectivity index (χ1v) is 7.46. The summed E-state index contributed by atoms with van der Waals surface area (Å²) in [6, 6.07) is 5.63. The number of rotatable bonds is 6. The van der Waals surface area contributed by atoms with Crippen molar-refractivity contribution in [1.29, 1.82) is 0 Å². The van der Waals surface area contributed by atoms with Crippen LogP contribution in [-0.4, -0.2) is 43.1 Å². The lowest BCUT2D eigenvalue weighted by molar-refractivity contribution is -0.129. The first-order valence-electron chi connectivity index (χ1n) is 7.46. The van der Waals surface area contributed by atoms with Crippen molar-refractivity contribution in [2.75, 3.05) is 27.2 Å². The number of phenolic OH excluding ortho intramolecular Hbond substituents is 1. The highest BCUT2D eigenvalue weighted by molar-refractivity contribution is 5.76. The number of benzene rings is 1. The third-order valence-electron chi connectivity index (χ3n) is 3.62. The summed E-state index contributed by atoms with van der Waals surface area (Å²) < 4.78 is 0. The Morgan fingerprint density at radius 3 is 2.57 bits per heavy atom. The zero-order chi connectivity index (χ0) is 16.0. The lowest BCUT2D eigenvalue weighted by Gasteiger charge is -2.21. The van der Waals surface area contributed by atoms with E-state index in [1.54, 1.807) is 11.0 Å². The number of nitrogens with one attached hydrogen (secondary N) is 1. The normalized spacial score (nSPS) is 11.5. The van der Waals surface area contributed by atoms with Crippen molar-refractivity contribution in [3.8, 4) is 5.75 Å². The van der Waals surface area contributed by atoms with Gasteiger partial charge < -0.3 is 15.3 Å². The van der Waals surface area contributed by atoms with Crippen LogP contribution in [0.3, 0.4) is 0 Å². The summed E-state index contributed by atoms with van der Waals surface area (Å²) in [4.78, 5) is 13.8. The topological polar surface area (TPSA) is 52.6 Å². The third-order valence-corrected chi connectivity index (χ3v) is 3.62. The van der Waals surface area contributed by atoms with Gasteiger partial charge in [0.15, 0.2) is 0 Å². The van der Waals surface area contributed by atoms with E-state index in [0.29, 0.717) is 18.6 Å². The van der Waals surface area contributed by atoms with Crippen LogP contribution in [0.25, 0.3) is 0 Å². The molecule has 0 spiro atoms. The molecule has 1 amide bonds. The van der Waals surface area contributed by atoms with Gasteiger partial charge in [0.1, 0.15) is 5.75 Å². The van der Waals surface area contributed by atoms with E-state index in [2.05, 4.69) is 26.1 Å². The van der Waals surface area contributed by atoms with Crippen LogP contribution in [0, 0.1) is 0 Å². The number of amides is 1. The van der Waals surface area contributed by atoms with Crippen LogP contribution in [0.4, 0.5) is 0 Å². The zero-order valence-electron chi connectivity index (χ0n) is 13.9. The monoisotopic (exact) mass is 292 g/mol. The molecule has 4 nitrogen and oxygen atoms in total. The SMILES string of the molecule is CNCCN(C)C(=O)CCc1ccc(O)c(C(C)(C)C)c1. The second-order valence-corrected chi connectivity index (χ2v) is 6.52. The molecule has 1 rings (SSSR count). The molecule has 0 aromatic heterocycles. The fourth-order valence-electron chi connectivity index (χ4n) is 2.19. The Balaban J connectivity index is 2.66. The van der Waals surface area contributed by atoms with Crippen LogP contribution in [0.2, 0.25) is 0 Å². The number of carbonyl (C=O) groups is 1. The third kappa shape index (κ3) is 5.38. The van der Waals surface area contributed by atoms with Crippen LogP contribution in [0.15, 0.2) is 18.2 Å². The van der Waals surface area contributed by atoms with E-state index in [4.69, 9.17) is 0 Å². The van der Waals surface area contributed by atoms with Crippen LogP contribution >= 0.6 is 0 Å². The van der Waals surface area contributed by atoms with Crippen molar-refractivity contribution < 1.29 is 9.90 Å². The van der Waals surface area contributed by atoms with E-state index in [0.717, 1.165) is 24.2 Å². The van der Waals surface area contributed by atoms with Gasteiger partial charge >= 0.3 is 0 Å².